The number of pyridine rings is 1. The van der Waals surface area contributed by atoms with Crippen LogP contribution in [0.15, 0.2) is 35.8 Å². The van der Waals surface area contributed by atoms with Gasteiger partial charge < -0.3 is 38.9 Å². The number of amides is 1. The SMILES string of the molecule is CO[C@@H](C)c1ncc(N2CCN(C3CC3)CC2)cc1-c1c2c3cc(ccc3n1CCOC1CCOCC1)-c1csc(n1)[C@@H](OCC(F)F)[C@H](N)C(=O)N1CCC[C@H](N1)C(=O)OCC(C)(C)C2. The highest BCUT2D eigenvalue weighted by molar-refractivity contribution is 7.10. The van der Waals surface area contributed by atoms with Gasteiger partial charge in [0.15, 0.2) is 0 Å². The number of halogens is 2. The minimum absolute atomic E-state index is 0.0972. The molecule has 1 aliphatic carbocycles. The molecule has 6 bridgehead atoms. The number of rotatable bonds is 12. The molecule has 5 aliphatic rings. The molecule has 0 unspecified atom stereocenters. The maximum absolute atomic E-state index is 13.9. The van der Waals surface area contributed by atoms with Crippen LogP contribution in [-0.2, 0) is 46.2 Å². The summed E-state index contributed by atoms with van der Waals surface area (Å²) < 4.78 is 59.7. The Labute approximate surface area is 389 Å². The normalized spacial score (nSPS) is 24.2. The molecule has 9 rings (SSSR count). The number of hydrazine groups is 1. The second-order valence-electron chi connectivity index (χ2n) is 19.2. The largest absolute Gasteiger partial charge is 0.464 e. The standard InChI is InChI=1S/C48H64F2N8O7S/c1-29(61-4)42-35(23-32(25-52-42)56-16-14-55(15-17-56)31-8-9-31)43-36-24-48(2,3)28-65-47(60)37-6-5-13-58(54-37)46(59)41(51)44(64-26-40(49)50)45-53-38(27-66-45)30-7-10-39(34(36)22-30)57(43)18-21-63-33-11-19-62-20-12-33/h7,10,22-23,25,27,29,31,33,37,40-41,44,54H,5-6,8-9,11-21,24,26,28,51H2,1-4H3/t29-,37-,41-,44-/m0/s1. The van der Waals surface area contributed by atoms with E-state index in [4.69, 9.17) is 39.4 Å². The summed E-state index contributed by atoms with van der Waals surface area (Å²) >= 11 is 1.20. The predicted octanol–water partition coefficient (Wildman–Crippen LogP) is 6.29. The van der Waals surface area contributed by atoms with Crippen LogP contribution in [-0.4, -0.2) is 140 Å². The van der Waals surface area contributed by atoms with Crippen molar-refractivity contribution >= 4 is 39.8 Å². The number of cyclic esters (lactones) is 1. The number of nitrogens with one attached hydrogen (secondary N) is 1. The molecular formula is C48H64F2N8O7S. The fourth-order valence-electron chi connectivity index (χ4n) is 9.88. The van der Waals surface area contributed by atoms with Crippen molar-refractivity contribution in [2.75, 3.05) is 77.8 Å². The Balaban J connectivity index is 1.20. The number of ether oxygens (including phenoxy) is 5. The van der Waals surface area contributed by atoms with E-state index in [0.29, 0.717) is 62.4 Å². The van der Waals surface area contributed by atoms with Crippen molar-refractivity contribution in [1.29, 1.82) is 0 Å². The number of carbonyl (C=O) groups is 2. The van der Waals surface area contributed by atoms with Crippen molar-refractivity contribution in [3.05, 3.63) is 52.1 Å². The number of aromatic nitrogens is 3. The van der Waals surface area contributed by atoms with Crippen LogP contribution in [0.2, 0.25) is 0 Å². The molecule has 4 aliphatic heterocycles. The second kappa shape index (κ2) is 20.2. The third kappa shape index (κ3) is 10.3. The molecule has 0 radical (unpaired) electrons. The molecule has 18 heteroatoms. The molecule has 358 valence electrons. The molecule has 1 saturated carbocycles. The number of hydrogen-bond donors (Lipinski definition) is 2. The summed E-state index contributed by atoms with van der Waals surface area (Å²) in [4.78, 5) is 42.9. The van der Waals surface area contributed by atoms with Gasteiger partial charge in [-0.15, -0.1) is 11.3 Å². The lowest BCUT2D eigenvalue weighted by Crippen LogP contribution is -2.60. The molecule has 3 saturated heterocycles. The number of thiazole rings is 1. The molecule has 3 aromatic heterocycles. The maximum Gasteiger partial charge on any atom is 0.324 e. The zero-order valence-corrected chi connectivity index (χ0v) is 39.3. The van der Waals surface area contributed by atoms with Crippen LogP contribution < -0.4 is 16.1 Å². The number of anilines is 1. The van der Waals surface area contributed by atoms with Gasteiger partial charge in [0.2, 0.25) is 0 Å². The molecule has 4 fully saturated rings. The first-order chi connectivity index (χ1) is 31.9. The van der Waals surface area contributed by atoms with E-state index in [1.165, 1.54) is 29.2 Å². The summed E-state index contributed by atoms with van der Waals surface area (Å²) in [5.74, 6) is -1.08. The number of piperazine rings is 1. The summed E-state index contributed by atoms with van der Waals surface area (Å²) in [6.07, 6.45) is 3.39. The summed E-state index contributed by atoms with van der Waals surface area (Å²) in [5.41, 5.74) is 16.2. The quantitative estimate of drug-likeness (QED) is 0.153. The summed E-state index contributed by atoms with van der Waals surface area (Å²) in [5, 5.41) is 4.41. The molecule has 3 N–H and O–H groups in total. The number of carbonyl (C=O) groups excluding carboxylic acids is 2. The van der Waals surface area contributed by atoms with E-state index in [2.05, 4.69) is 51.8 Å². The fourth-order valence-corrected chi connectivity index (χ4v) is 10.8. The molecule has 0 spiro atoms. The Morgan fingerprint density at radius 2 is 1.82 bits per heavy atom. The lowest BCUT2D eigenvalue weighted by Gasteiger charge is -2.36. The van der Waals surface area contributed by atoms with Gasteiger partial charge in [0, 0.05) is 98.5 Å². The van der Waals surface area contributed by atoms with Crippen molar-refractivity contribution in [3.8, 4) is 22.5 Å². The van der Waals surface area contributed by atoms with Crippen molar-refractivity contribution < 1.29 is 42.1 Å². The third-order valence-electron chi connectivity index (χ3n) is 13.7. The highest BCUT2D eigenvalue weighted by Gasteiger charge is 2.39. The minimum Gasteiger partial charge on any atom is -0.464 e. The van der Waals surface area contributed by atoms with E-state index >= 15 is 0 Å². The third-order valence-corrected chi connectivity index (χ3v) is 14.6. The Hall–Kier alpha value is -4.14. The van der Waals surface area contributed by atoms with Gasteiger partial charge in [-0.2, -0.15) is 0 Å². The number of fused-ring (bicyclic) bond motifs is 6. The Bertz CT molecular complexity index is 2340. The number of nitrogens with two attached hydrogens (primary N) is 1. The molecule has 15 nitrogen and oxygen atoms in total. The summed E-state index contributed by atoms with van der Waals surface area (Å²) in [7, 11) is 1.70. The lowest BCUT2D eigenvalue weighted by atomic mass is 9.84. The number of benzene rings is 1. The van der Waals surface area contributed by atoms with Gasteiger partial charge in [-0.25, -0.2) is 19.2 Å². The number of nitrogens with zero attached hydrogens (tertiary/aromatic N) is 6. The van der Waals surface area contributed by atoms with Crippen molar-refractivity contribution in [2.45, 2.75) is 115 Å². The van der Waals surface area contributed by atoms with E-state index < -0.39 is 48.5 Å². The van der Waals surface area contributed by atoms with Crippen molar-refractivity contribution in [3.63, 3.8) is 0 Å². The van der Waals surface area contributed by atoms with Crippen molar-refractivity contribution in [1.82, 2.24) is 29.9 Å². The van der Waals surface area contributed by atoms with Crippen LogP contribution in [0.5, 0.6) is 0 Å². The second-order valence-corrected chi connectivity index (χ2v) is 20.0. The first kappa shape index (κ1) is 46.9. The summed E-state index contributed by atoms with van der Waals surface area (Å²) in [6.45, 7) is 11.9. The smallest absolute Gasteiger partial charge is 0.324 e. The minimum atomic E-state index is -2.79. The summed E-state index contributed by atoms with van der Waals surface area (Å²) in [6, 6.07) is 7.04. The van der Waals surface area contributed by atoms with E-state index in [9.17, 15) is 18.4 Å². The van der Waals surface area contributed by atoms with E-state index in [-0.39, 0.29) is 25.4 Å². The first-order valence-corrected chi connectivity index (χ1v) is 24.5. The van der Waals surface area contributed by atoms with Crippen LogP contribution in [0.25, 0.3) is 33.4 Å². The number of alkyl halides is 2. The molecule has 4 aromatic rings. The number of methoxy groups -OCH3 is 1. The van der Waals surface area contributed by atoms with Gasteiger partial charge in [0.1, 0.15) is 29.8 Å². The molecule has 1 amide bonds. The molecule has 66 heavy (non-hydrogen) atoms. The number of esters is 1. The van der Waals surface area contributed by atoms with Gasteiger partial charge in [-0.05, 0) is 75.6 Å². The average Bonchev–Trinajstić information content (AvgIpc) is 4.00. The van der Waals surface area contributed by atoms with Crippen LogP contribution in [0.3, 0.4) is 0 Å². The van der Waals surface area contributed by atoms with Crippen LogP contribution in [0, 0.1) is 5.41 Å². The monoisotopic (exact) mass is 934 g/mol. The van der Waals surface area contributed by atoms with Crippen LogP contribution in [0.1, 0.15) is 87.8 Å². The topological polar surface area (TPSA) is 159 Å². The maximum atomic E-state index is 13.9. The highest BCUT2D eigenvalue weighted by atomic mass is 32.1. The molecule has 1 aromatic carbocycles. The highest BCUT2D eigenvalue weighted by Crippen LogP contribution is 2.44. The molecule has 7 heterocycles. The van der Waals surface area contributed by atoms with Gasteiger partial charge in [0.05, 0.1) is 54.4 Å². The van der Waals surface area contributed by atoms with Gasteiger partial charge in [-0.3, -0.25) is 24.5 Å². The Kier molecular flexibility index (Phi) is 14.4. The van der Waals surface area contributed by atoms with E-state index in [0.717, 1.165) is 83.7 Å². The first-order valence-electron chi connectivity index (χ1n) is 23.6. The van der Waals surface area contributed by atoms with Crippen molar-refractivity contribution in [2.24, 2.45) is 11.1 Å². The zero-order chi connectivity index (χ0) is 46.1. The van der Waals surface area contributed by atoms with Gasteiger partial charge in [0.25, 0.3) is 12.3 Å². The van der Waals surface area contributed by atoms with Crippen LogP contribution in [0.4, 0.5) is 14.5 Å². The Morgan fingerprint density at radius 3 is 2.56 bits per heavy atom. The fraction of sp³-hybridized carbons (Fsp3) is 0.625. The Morgan fingerprint density at radius 1 is 1.03 bits per heavy atom. The van der Waals surface area contributed by atoms with Crippen LogP contribution >= 0.6 is 11.3 Å². The lowest BCUT2D eigenvalue weighted by molar-refractivity contribution is -0.156. The molecule has 4 atom stereocenters. The van der Waals surface area contributed by atoms with Gasteiger partial charge in [-0.1, -0.05) is 19.9 Å². The predicted molar refractivity (Wildman–Crippen MR) is 247 cm³/mol. The number of hydrogen-bond acceptors (Lipinski definition) is 14. The average molecular weight is 935 g/mol. The van der Waals surface area contributed by atoms with Gasteiger partial charge >= 0.3 is 5.97 Å². The zero-order valence-electron chi connectivity index (χ0n) is 38.5. The molecular weight excluding hydrogens is 871 g/mol. The van der Waals surface area contributed by atoms with E-state index in [1.807, 2.05) is 24.6 Å². The van der Waals surface area contributed by atoms with E-state index in [1.54, 1.807) is 7.11 Å².